The number of nitrogens with one attached hydrogen (secondary N) is 1. The molecule has 0 spiro atoms. The molecule has 4 rings (SSSR count). The van der Waals surface area contributed by atoms with Gasteiger partial charge in [0.1, 0.15) is 5.70 Å². The summed E-state index contributed by atoms with van der Waals surface area (Å²) in [7, 11) is 0. The van der Waals surface area contributed by atoms with E-state index in [0.717, 1.165) is 22.4 Å². The number of hydrogen-bond donors (Lipinski definition) is 1. The van der Waals surface area contributed by atoms with Crippen molar-refractivity contribution < 1.29 is 9.59 Å². The molecule has 150 valence electrons. The van der Waals surface area contributed by atoms with Gasteiger partial charge < -0.3 is 5.32 Å². The minimum Gasteiger partial charge on any atom is -0.350 e. The number of halogens is 1. The van der Waals surface area contributed by atoms with E-state index in [2.05, 4.69) is 5.32 Å². The lowest BCUT2D eigenvalue weighted by molar-refractivity contribution is -0.137. The highest BCUT2D eigenvalue weighted by molar-refractivity contribution is 6.36. The zero-order valence-electron chi connectivity index (χ0n) is 16.8. The number of benzene rings is 3. The van der Waals surface area contributed by atoms with Gasteiger partial charge in [0, 0.05) is 10.7 Å². The van der Waals surface area contributed by atoms with Crippen LogP contribution in [0.3, 0.4) is 0 Å². The van der Waals surface area contributed by atoms with Gasteiger partial charge >= 0.3 is 0 Å². The van der Waals surface area contributed by atoms with Crippen molar-refractivity contribution in [2.24, 2.45) is 0 Å². The lowest BCUT2D eigenvalue weighted by Gasteiger charge is -2.17. The van der Waals surface area contributed by atoms with Gasteiger partial charge in [-0.15, -0.1) is 0 Å². The summed E-state index contributed by atoms with van der Waals surface area (Å²) < 4.78 is 0. The summed E-state index contributed by atoms with van der Waals surface area (Å²) in [6.07, 6.45) is 0. The second-order valence-electron chi connectivity index (χ2n) is 7.28. The van der Waals surface area contributed by atoms with E-state index in [4.69, 9.17) is 11.6 Å². The Morgan fingerprint density at radius 2 is 1.53 bits per heavy atom. The fourth-order valence-corrected chi connectivity index (χ4v) is 3.72. The summed E-state index contributed by atoms with van der Waals surface area (Å²) in [5.74, 6) is -0.696. The van der Waals surface area contributed by atoms with E-state index in [-0.39, 0.29) is 24.1 Å². The normalized spacial score (nSPS) is 13.9. The predicted molar refractivity (Wildman–Crippen MR) is 120 cm³/mol. The van der Waals surface area contributed by atoms with Crippen molar-refractivity contribution in [3.63, 3.8) is 0 Å². The average Bonchev–Trinajstić information content (AvgIpc) is 2.98. The van der Waals surface area contributed by atoms with Crippen LogP contribution in [-0.4, -0.2) is 16.7 Å². The van der Waals surface area contributed by atoms with Crippen LogP contribution >= 0.6 is 11.6 Å². The first kappa shape index (κ1) is 19.9. The maximum atomic E-state index is 13.4. The summed E-state index contributed by atoms with van der Waals surface area (Å²) in [5.41, 5.74) is 5.01. The minimum atomic E-state index is -0.361. The standard InChI is InChI=1S/C25H21ClN2O2/c1-16-9-8-14-21(17(16)2)27-23-22(18-10-4-3-5-11-18)24(29)28(25(23)30)15-19-12-6-7-13-20(19)26/h3-14,27H,15H2,1-2H3. The zero-order valence-corrected chi connectivity index (χ0v) is 17.5. The Hall–Kier alpha value is -3.37. The molecule has 5 heteroatoms. The summed E-state index contributed by atoms with van der Waals surface area (Å²) in [6.45, 7) is 4.12. The molecule has 3 aromatic carbocycles. The second kappa shape index (κ2) is 8.17. The van der Waals surface area contributed by atoms with Gasteiger partial charge in [-0.3, -0.25) is 14.5 Å². The van der Waals surface area contributed by atoms with Crippen molar-refractivity contribution in [1.29, 1.82) is 0 Å². The number of anilines is 1. The third kappa shape index (κ3) is 3.62. The van der Waals surface area contributed by atoms with Crippen molar-refractivity contribution in [1.82, 2.24) is 4.90 Å². The van der Waals surface area contributed by atoms with Gasteiger partial charge in [-0.1, -0.05) is 72.3 Å². The molecular formula is C25H21ClN2O2. The highest BCUT2D eigenvalue weighted by atomic mass is 35.5. The van der Waals surface area contributed by atoms with Crippen molar-refractivity contribution in [3.05, 3.63) is 106 Å². The monoisotopic (exact) mass is 416 g/mol. The van der Waals surface area contributed by atoms with Crippen LogP contribution in [0.1, 0.15) is 22.3 Å². The van der Waals surface area contributed by atoms with Crippen LogP contribution in [0.4, 0.5) is 5.69 Å². The molecule has 0 radical (unpaired) electrons. The van der Waals surface area contributed by atoms with Crippen LogP contribution < -0.4 is 5.32 Å². The molecule has 0 aromatic heterocycles. The van der Waals surface area contributed by atoms with Crippen LogP contribution in [0.25, 0.3) is 5.57 Å². The molecule has 1 heterocycles. The molecule has 2 amide bonds. The molecule has 1 aliphatic rings. The summed E-state index contributed by atoms with van der Waals surface area (Å²) in [6, 6.07) is 22.3. The second-order valence-corrected chi connectivity index (χ2v) is 7.68. The zero-order chi connectivity index (χ0) is 21.3. The van der Waals surface area contributed by atoms with E-state index >= 15 is 0 Å². The lowest BCUT2D eigenvalue weighted by atomic mass is 10.0. The molecule has 0 bridgehead atoms. The van der Waals surface area contributed by atoms with Crippen LogP contribution in [0.15, 0.2) is 78.5 Å². The predicted octanol–water partition coefficient (Wildman–Crippen LogP) is 5.35. The van der Waals surface area contributed by atoms with Crippen LogP contribution in [-0.2, 0) is 16.1 Å². The van der Waals surface area contributed by atoms with E-state index in [1.54, 1.807) is 6.07 Å². The number of amides is 2. The highest BCUT2D eigenvalue weighted by Gasteiger charge is 2.39. The number of carbonyl (C=O) groups is 2. The first-order chi connectivity index (χ1) is 14.5. The van der Waals surface area contributed by atoms with E-state index in [0.29, 0.717) is 16.2 Å². The fraction of sp³-hybridized carbons (Fsp3) is 0.120. The minimum absolute atomic E-state index is 0.117. The number of imide groups is 1. The largest absolute Gasteiger partial charge is 0.350 e. The molecule has 30 heavy (non-hydrogen) atoms. The van der Waals surface area contributed by atoms with Crippen molar-refractivity contribution in [2.45, 2.75) is 20.4 Å². The van der Waals surface area contributed by atoms with Gasteiger partial charge in [-0.2, -0.15) is 0 Å². The fourth-order valence-electron chi connectivity index (χ4n) is 3.53. The average molecular weight is 417 g/mol. The Kier molecular flexibility index (Phi) is 5.42. The molecule has 4 nitrogen and oxygen atoms in total. The molecule has 0 saturated carbocycles. The van der Waals surface area contributed by atoms with Crippen LogP contribution in [0.5, 0.6) is 0 Å². The Labute approximate surface area is 180 Å². The number of hydrogen-bond acceptors (Lipinski definition) is 3. The summed E-state index contributed by atoms with van der Waals surface area (Å²) in [5, 5.41) is 3.77. The molecule has 0 aliphatic carbocycles. The number of aryl methyl sites for hydroxylation is 1. The van der Waals surface area contributed by atoms with Gasteiger partial charge in [-0.25, -0.2) is 0 Å². The molecule has 1 aliphatic heterocycles. The van der Waals surface area contributed by atoms with E-state index < -0.39 is 0 Å². The lowest BCUT2D eigenvalue weighted by Crippen LogP contribution is -2.32. The van der Waals surface area contributed by atoms with E-state index in [9.17, 15) is 9.59 Å². The molecule has 0 saturated heterocycles. The third-order valence-corrected chi connectivity index (χ3v) is 5.75. The Morgan fingerprint density at radius 1 is 0.833 bits per heavy atom. The Bertz CT molecular complexity index is 1170. The van der Waals surface area contributed by atoms with Gasteiger partial charge in [0.15, 0.2) is 0 Å². The van der Waals surface area contributed by atoms with E-state index in [1.165, 1.54) is 4.90 Å². The van der Waals surface area contributed by atoms with E-state index in [1.807, 2.05) is 80.6 Å². The quantitative estimate of drug-likeness (QED) is 0.570. The number of rotatable bonds is 5. The topological polar surface area (TPSA) is 49.4 Å². The molecule has 3 aromatic rings. The van der Waals surface area contributed by atoms with Crippen LogP contribution in [0.2, 0.25) is 5.02 Å². The third-order valence-electron chi connectivity index (χ3n) is 5.38. The van der Waals surface area contributed by atoms with Gasteiger partial charge in [0.2, 0.25) is 0 Å². The maximum absolute atomic E-state index is 13.4. The molecular weight excluding hydrogens is 396 g/mol. The molecule has 0 fully saturated rings. The summed E-state index contributed by atoms with van der Waals surface area (Å²) >= 11 is 6.28. The first-order valence-corrected chi connectivity index (χ1v) is 10.1. The van der Waals surface area contributed by atoms with Crippen molar-refractivity contribution in [3.8, 4) is 0 Å². The molecule has 0 atom stereocenters. The summed E-state index contributed by atoms with van der Waals surface area (Å²) in [4.78, 5) is 28.0. The first-order valence-electron chi connectivity index (χ1n) is 9.70. The molecule has 0 unspecified atom stereocenters. The van der Waals surface area contributed by atoms with Gasteiger partial charge in [0.25, 0.3) is 11.8 Å². The smallest absolute Gasteiger partial charge is 0.278 e. The number of carbonyl (C=O) groups excluding carboxylic acids is 2. The van der Waals surface area contributed by atoms with Gasteiger partial charge in [-0.05, 0) is 48.2 Å². The van der Waals surface area contributed by atoms with Crippen molar-refractivity contribution >= 4 is 34.7 Å². The highest BCUT2D eigenvalue weighted by Crippen LogP contribution is 2.33. The van der Waals surface area contributed by atoms with Crippen LogP contribution in [0, 0.1) is 13.8 Å². The molecule has 1 N–H and O–H groups in total. The number of nitrogens with zero attached hydrogens (tertiary/aromatic N) is 1. The maximum Gasteiger partial charge on any atom is 0.278 e. The SMILES string of the molecule is Cc1cccc(NC2=C(c3ccccc3)C(=O)N(Cc3ccccc3Cl)C2=O)c1C. The van der Waals surface area contributed by atoms with Crippen molar-refractivity contribution in [2.75, 3.05) is 5.32 Å². The Balaban J connectivity index is 1.77. The van der Waals surface area contributed by atoms with Gasteiger partial charge in [0.05, 0.1) is 12.1 Å². The Morgan fingerprint density at radius 3 is 2.27 bits per heavy atom.